The van der Waals surface area contributed by atoms with Crippen LogP contribution in [-0.2, 0) is 15.9 Å². The second kappa shape index (κ2) is 14.5. The molecule has 2 N–H and O–H groups in total. The highest BCUT2D eigenvalue weighted by Gasteiger charge is 2.15. The van der Waals surface area contributed by atoms with E-state index in [4.69, 9.17) is 25.6 Å². The molecule has 38 heavy (non-hydrogen) atoms. The van der Waals surface area contributed by atoms with Gasteiger partial charge in [0.15, 0.2) is 11.6 Å². The molecule has 1 atom stereocenters. The van der Waals surface area contributed by atoms with Gasteiger partial charge in [-0.2, -0.15) is 5.10 Å². The quantitative estimate of drug-likeness (QED) is 0.144. The molecular weight excluding hydrogens is 564 g/mol. The first-order valence-electron chi connectivity index (χ1n) is 11.0. The lowest BCUT2D eigenvalue weighted by molar-refractivity contribution is -0.116. The Morgan fingerprint density at radius 2 is 2.03 bits per heavy atom. The molecule has 0 aliphatic carbocycles. The normalized spacial score (nSPS) is 10.8. The lowest BCUT2D eigenvalue weighted by Gasteiger charge is -2.13. The molecule has 0 aliphatic heterocycles. The van der Waals surface area contributed by atoms with E-state index in [1.54, 1.807) is 18.3 Å². The zero-order valence-electron chi connectivity index (χ0n) is 20.0. The SMILES string of the molecule is COc1cc(OCCCCl)cc2ncnc(Nc3cnn(CC(=O)Nc4cccc(F)c4F)c3)c12.O=[PH2]Cl. The monoisotopic (exact) mass is 586 g/mol. The molecule has 10 nitrogen and oxygen atoms in total. The van der Waals surface area contributed by atoms with Gasteiger partial charge >= 0.3 is 0 Å². The second-order valence-electron chi connectivity index (χ2n) is 7.42. The van der Waals surface area contributed by atoms with Crippen LogP contribution in [0.25, 0.3) is 10.9 Å². The molecule has 0 aliphatic rings. The minimum Gasteiger partial charge on any atom is -0.496 e. The topological polar surface area (TPSA) is 120 Å². The third kappa shape index (κ3) is 7.77. The molecule has 0 spiro atoms. The Morgan fingerprint density at radius 1 is 1.24 bits per heavy atom. The first kappa shape index (κ1) is 29.1. The predicted molar refractivity (Wildman–Crippen MR) is 144 cm³/mol. The van der Waals surface area contributed by atoms with Crippen molar-refractivity contribution >= 4 is 64.7 Å². The van der Waals surface area contributed by atoms with Crippen molar-refractivity contribution in [1.29, 1.82) is 0 Å². The van der Waals surface area contributed by atoms with Crippen molar-refractivity contribution in [3.8, 4) is 11.5 Å². The molecule has 202 valence electrons. The Morgan fingerprint density at radius 3 is 2.76 bits per heavy atom. The van der Waals surface area contributed by atoms with E-state index >= 15 is 0 Å². The molecule has 15 heteroatoms. The minimum atomic E-state index is -1.12. The van der Waals surface area contributed by atoms with Gasteiger partial charge in [-0.1, -0.05) is 17.3 Å². The number of fused-ring (bicyclic) bond motifs is 1. The van der Waals surface area contributed by atoms with Gasteiger partial charge in [-0.15, -0.1) is 11.6 Å². The number of rotatable bonds is 10. The highest BCUT2D eigenvalue weighted by atomic mass is 35.7. The lowest BCUT2D eigenvalue weighted by atomic mass is 10.2. The molecule has 4 aromatic rings. The summed E-state index contributed by atoms with van der Waals surface area (Å²) in [5.74, 6) is -0.674. The van der Waals surface area contributed by atoms with Crippen LogP contribution in [0, 0.1) is 11.6 Å². The van der Waals surface area contributed by atoms with E-state index in [9.17, 15) is 13.6 Å². The summed E-state index contributed by atoms with van der Waals surface area (Å²) in [6.45, 7) is 0.251. The molecular formula is C23H23Cl2F2N6O4P. The number of ether oxygens (including phenoxy) is 2. The number of hydrogen-bond donors (Lipinski definition) is 2. The van der Waals surface area contributed by atoms with Gasteiger partial charge in [-0.25, -0.2) is 18.7 Å². The van der Waals surface area contributed by atoms with Crippen LogP contribution in [0.15, 0.2) is 49.1 Å². The molecule has 1 amide bonds. The number of alkyl halides is 1. The van der Waals surface area contributed by atoms with Crippen LogP contribution >= 0.6 is 30.7 Å². The smallest absolute Gasteiger partial charge is 0.246 e. The van der Waals surface area contributed by atoms with Crippen molar-refractivity contribution < 1.29 is 27.6 Å². The molecule has 2 heterocycles. The summed E-state index contributed by atoms with van der Waals surface area (Å²) >= 11 is 10.2. The summed E-state index contributed by atoms with van der Waals surface area (Å²) in [5.41, 5.74) is 0.900. The number of halogens is 4. The number of nitrogens with one attached hydrogen (secondary N) is 2. The van der Waals surface area contributed by atoms with Gasteiger partial charge in [-0.3, -0.25) is 9.48 Å². The number of carbonyl (C=O) groups excluding carboxylic acids is 1. The minimum absolute atomic E-state index is 0.214. The molecule has 1 unspecified atom stereocenters. The van der Waals surface area contributed by atoms with Crippen molar-refractivity contribution in [2.75, 3.05) is 30.2 Å². The van der Waals surface area contributed by atoms with E-state index in [-0.39, 0.29) is 12.2 Å². The van der Waals surface area contributed by atoms with Crippen LogP contribution in [0.4, 0.5) is 26.0 Å². The van der Waals surface area contributed by atoms with Gasteiger partial charge < -0.3 is 24.7 Å². The highest BCUT2D eigenvalue weighted by molar-refractivity contribution is 7.57. The molecule has 0 fully saturated rings. The van der Waals surface area contributed by atoms with E-state index in [1.165, 1.54) is 36.4 Å². The number of benzene rings is 2. The number of methoxy groups -OCH3 is 1. The molecule has 2 aromatic carbocycles. The van der Waals surface area contributed by atoms with Gasteiger partial charge in [-0.05, 0) is 18.6 Å². The van der Waals surface area contributed by atoms with Crippen molar-refractivity contribution in [3.05, 3.63) is 60.7 Å². The summed E-state index contributed by atoms with van der Waals surface area (Å²) in [6, 6.07) is 7.06. The number of hydrogen-bond acceptors (Lipinski definition) is 8. The maximum absolute atomic E-state index is 13.8. The maximum atomic E-state index is 13.8. The van der Waals surface area contributed by atoms with Gasteiger partial charge in [0, 0.05) is 24.2 Å². The number of aromatic nitrogens is 4. The Bertz CT molecular complexity index is 1410. The van der Waals surface area contributed by atoms with E-state index in [0.717, 1.165) is 6.07 Å². The van der Waals surface area contributed by atoms with E-state index < -0.39 is 25.4 Å². The van der Waals surface area contributed by atoms with Gasteiger partial charge in [0.2, 0.25) is 5.91 Å². The summed E-state index contributed by atoms with van der Waals surface area (Å²) in [5, 5.41) is 10.2. The third-order valence-electron chi connectivity index (χ3n) is 4.87. The maximum Gasteiger partial charge on any atom is 0.246 e. The Hall–Kier alpha value is -3.47. The molecule has 0 radical (unpaired) electrons. The molecule has 0 saturated carbocycles. The van der Waals surface area contributed by atoms with Crippen molar-refractivity contribution in [1.82, 2.24) is 19.7 Å². The van der Waals surface area contributed by atoms with Crippen LogP contribution in [-0.4, -0.2) is 45.3 Å². The predicted octanol–water partition coefficient (Wildman–Crippen LogP) is 5.40. The van der Waals surface area contributed by atoms with E-state index in [0.29, 0.717) is 52.8 Å². The molecule has 0 saturated heterocycles. The summed E-state index contributed by atoms with van der Waals surface area (Å²) < 4.78 is 48.5. The number of anilines is 3. The fourth-order valence-corrected chi connectivity index (χ4v) is 3.41. The Kier molecular flexibility index (Phi) is 11.1. The van der Waals surface area contributed by atoms with Crippen LogP contribution in [0.5, 0.6) is 11.5 Å². The Balaban J connectivity index is 0.00000127. The molecule has 4 rings (SSSR count). The summed E-state index contributed by atoms with van der Waals surface area (Å²) in [6.07, 6.45) is 5.18. The standard InChI is InChI=1S/C23H21ClF2N6O3.ClH2OP/c1-34-19-9-15(35-7-3-6-24)8-18-21(19)23(28-13-27-18)30-14-10-29-32(11-14)12-20(33)31-17-5-2-4-16(25)22(17)26;1-3-2/h2,4-5,8-11,13H,3,6-7,12H2,1H3,(H,31,33)(H,27,28,30);3H2. The van der Waals surface area contributed by atoms with Crippen molar-refractivity contribution in [2.24, 2.45) is 0 Å². The average Bonchev–Trinajstić information content (AvgIpc) is 3.33. The van der Waals surface area contributed by atoms with Crippen LogP contribution < -0.4 is 20.1 Å². The molecule has 0 bridgehead atoms. The van der Waals surface area contributed by atoms with Crippen LogP contribution in [0.1, 0.15) is 6.42 Å². The first-order chi connectivity index (χ1) is 18.4. The van der Waals surface area contributed by atoms with E-state index in [2.05, 4.69) is 36.9 Å². The second-order valence-corrected chi connectivity index (χ2v) is 8.51. The zero-order chi connectivity index (χ0) is 27.5. The van der Waals surface area contributed by atoms with E-state index in [1.807, 2.05) is 0 Å². The fraction of sp³-hybridized carbons (Fsp3) is 0.217. The average molecular weight is 587 g/mol. The highest BCUT2D eigenvalue weighted by Crippen LogP contribution is 2.35. The largest absolute Gasteiger partial charge is 0.496 e. The third-order valence-corrected chi connectivity index (χ3v) is 5.14. The summed E-state index contributed by atoms with van der Waals surface area (Å²) in [7, 11) is 0.506. The number of amides is 1. The van der Waals surface area contributed by atoms with Crippen molar-refractivity contribution in [3.63, 3.8) is 0 Å². The Labute approximate surface area is 227 Å². The fourth-order valence-electron chi connectivity index (χ4n) is 3.30. The summed E-state index contributed by atoms with van der Waals surface area (Å²) in [4.78, 5) is 20.9. The van der Waals surface area contributed by atoms with Gasteiger partial charge in [0.1, 0.15) is 38.0 Å². The van der Waals surface area contributed by atoms with Crippen molar-refractivity contribution in [2.45, 2.75) is 13.0 Å². The van der Waals surface area contributed by atoms with Gasteiger partial charge in [0.05, 0.1) is 42.2 Å². The van der Waals surface area contributed by atoms with Crippen LogP contribution in [0.3, 0.4) is 0 Å². The lowest BCUT2D eigenvalue weighted by Crippen LogP contribution is -2.19. The number of carbonyl (C=O) groups is 1. The number of nitrogens with zero attached hydrogens (tertiary/aromatic N) is 4. The van der Waals surface area contributed by atoms with Gasteiger partial charge in [0.25, 0.3) is 0 Å². The molecule has 2 aromatic heterocycles. The zero-order valence-corrected chi connectivity index (χ0v) is 22.6. The van der Waals surface area contributed by atoms with Crippen LogP contribution in [0.2, 0.25) is 0 Å². The first-order valence-corrected chi connectivity index (χ1v) is 13.7.